The van der Waals surface area contributed by atoms with Crippen LogP contribution in [0.25, 0.3) is 0 Å². The van der Waals surface area contributed by atoms with Crippen LogP contribution in [0.3, 0.4) is 0 Å². The van der Waals surface area contributed by atoms with Crippen LogP contribution in [0.4, 0.5) is 0 Å². The zero-order valence-corrected chi connectivity index (χ0v) is 14.8. The predicted octanol–water partition coefficient (Wildman–Crippen LogP) is 5.78. The second-order valence-electron chi connectivity index (χ2n) is 5.89. The molecule has 0 amide bonds. The van der Waals surface area contributed by atoms with Gasteiger partial charge in [-0.3, -0.25) is 0 Å². The summed E-state index contributed by atoms with van der Waals surface area (Å²) in [7, 11) is 0. The molecule has 2 aromatic rings. The van der Waals surface area contributed by atoms with Crippen molar-refractivity contribution < 1.29 is 4.74 Å². The van der Waals surface area contributed by atoms with E-state index in [0.29, 0.717) is 5.02 Å². The van der Waals surface area contributed by atoms with Gasteiger partial charge in [0.15, 0.2) is 0 Å². The van der Waals surface area contributed by atoms with Crippen LogP contribution in [0.15, 0.2) is 46.9 Å². The van der Waals surface area contributed by atoms with Crippen LogP contribution in [0.5, 0.6) is 11.5 Å². The fraction of sp³-hybridized carbons (Fsp3) is 0.294. The Labute approximate surface area is 139 Å². The van der Waals surface area contributed by atoms with Crippen molar-refractivity contribution in [3.63, 3.8) is 0 Å². The third kappa shape index (κ3) is 5.03. The lowest BCUT2D eigenvalue weighted by atomic mass is 10.1. The summed E-state index contributed by atoms with van der Waals surface area (Å²) in [4.78, 5) is 0. The third-order valence-corrected chi connectivity index (χ3v) is 3.79. The Morgan fingerprint density at radius 2 is 1.81 bits per heavy atom. The van der Waals surface area contributed by atoms with Crippen molar-refractivity contribution in [1.82, 2.24) is 5.32 Å². The van der Waals surface area contributed by atoms with Gasteiger partial charge in [-0.25, -0.2) is 0 Å². The molecule has 2 aromatic carbocycles. The summed E-state index contributed by atoms with van der Waals surface area (Å²) in [5, 5.41) is 4.13. The Morgan fingerprint density at radius 3 is 2.48 bits per heavy atom. The molecular formula is C17H19BrClNO. The molecule has 0 fully saturated rings. The van der Waals surface area contributed by atoms with E-state index in [0.717, 1.165) is 28.1 Å². The number of nitrogens with one attached hydrogen (secondary N) is 1. The first-order valence-electron chi connectivity index (χ1n) is 6.81. The highest BCUT2D eigenvalue weighted by molar-refractivity contribution is 9.10. The number of rotatable bonds is 4. The van der Waals surface area contributed by atoms with Gasteiger partial charge in [0.25, 0.3) is 0 Å². The lowest BCUT2D eigenvalue weighted by Crippen LogP contribution is -2.35. The first-order chi connectivity index (χ1) is 9.85. The number of halogens is 2. The van der Waals surface area contributed by atoms with E-state index < -0.39 is 0 Å². The summed E-state index contributed by atoms with van der Waals surface area (Å²) in [5.41, 5.74) is 1.12. The monoisotopic (exact) mass is 367 g/mol. The highest BCUT2D eigenvalue weighted by Gasteiger charge is 2.12. The normalized spacial score (nSPS) is 11.5. The third-order valence-electron chi connectivity index (χ3n) is 2.89. The molecule has 0 aliphatic carbocycles. The average molecular weight is 369 g/mol. The topological polar surface area (TPSA) is 21.3 Å². The molecule has 0 spiro atoms. The highest BCUT2D eigenvalue weighted by Crippen LogP contribution is 2.33. The maximum absolute atomic E-state index is 6.10. The molecule has 0 radical (unpaired) electrons. The molecular weight excluding hydrogens is 350 g/mol. The van der Waals surface area contributed by atoms with Crippen LogP contribution in [0.2, 0.25) is 5.02 Å². The van der Waals surface area contributed by atoms with Crippen molar-refractivity contribution in [2.24, 2.45) is 0 Å². The van der Waals surface area contributed by atoms with Gasteiger partial charge in [0, 0.05) is 22.7 Å². The van der Waals surface area contributed by atoms with Crippen molar-refractivity contribution >= 4 is 27.5 Å². The highest BCUT2D eigenvalue weighted by atomic mass is 79.9. The smallest absolute Gasteiger partial charge is 0.141 e. The fourth-order valence-corrected chi connectivity index (χ4v) is 2.30. The molecule has 0 saturated carbocycles. The molecule has 1 N–H and O–H groups in total. The van der Waals surface area contributed by atoms with Gasteiger partial charge in [0.05, 0.1) is 4.47 Å². The van der Waals surface area contributed by atoms with E-state index in [1.807, 2.05) is 42.5 Å². The lowest BCUT2D eigenvalue weighted by molar-refractivity contribution is 0.414. The van der Waals surface area contributed by atoms with E-state index in [-0.39, 0.29) is 5.54 Å². The summed E-state index contributed by atoms with van der Waals surface area (Å²) >= 11 is 9.59. The van der Waals surface area contributed by atoms with Gasteiger partial charge in [-0.05, 0) is 61.0 Å². The van der Waals surface area contributed by atoms with Crippen molar-refractivity contribution in [2.75, 3.05) is 0 Å². The first kappa shape index (κ1) is 16.3. The molecule has 0 aliphatic rings. The largest absolute Gasteiger partial charge is 0.456 e. The molecule has 0 bridgehead atoms. The van der Waals surface area contributed by atoms with Gasteiger partial charge in [-0.2, -0.15) is 0 Å². The minimum atomic E-state index is 0.0459. The quantitative estimate of drug-likeness (QED) is 0.738. The average Bonchev–Trinajstić information content (AvgIpc) is 2.39. The minimum absolute atomic E-state index is 0.0459. The number of ether oxygens (including phenoxy) is 1. The standard InChI is InChI=1S/C17H19BrClNO/c1-17(2,3)20-11-12-8-9-13(19)10-16(12)21-15-7-5-4-6-14(15)18/h4-10,20H,11H2,1-3H3. The van der Waals surface area contributed by atoms with Crippen LogP contribution < -0.4 is 10.1 Å². The Bertz CT molecular complexity index is 622. The molecule has 21 heavy (non-hydrogen) atoms. The molecule has 0 heterocycles. The SMILES string of the molecule is CC(C)(C)NCc1ccc(Cl)cc1Oc1ccccc1Br. The minimum Gasteiger partial charge on any atom is -0.456 e. The van der Waals surface area contributed by atoms with Crippen LogP contribution in [-0.4, -0.2) is 5.54 Å². The van der Waals surface area contributed by atoms with Gasteiger partial charge < -0.3 is 10.1 Å². The van der Waals surface area contributed by atoms with Crippen molar-refractivity contribution in [1.29, 1.82) is 0 Å². The number of benzene rings is 2. The van der Waals surface area contributed by atoms with E-state index in [2.05, 4.69) is 42.0 Å². The van der Waals surface area contributed by atoms with Gasteiger partial charge in [-0.1, -0.05) is 29.8 Å². The van der Waals surface area contributed by atoms with Gasteiger partial charge in [-0.15, -0.1) is 0 Å². The predicted molar refractivity (Wildman–Crippen MR) is 92.3 cm³/mol. The molecule has 2 nitrogen and oxygen atoms in total. The van der Waals surface area contributed by atoms with E-state index in [4.69, 9.17) is 16.3 Å². The molecule has 0 aliphatic heterocycles. The summed E-state index contributed by atoms with van der Waals surface area (Å²) in [6.45, 7) is 7.13. The molecule has 2 rings (SSSR count). The van der Waals surface area contributed by atoms with E-state index in [1.54, 1.807) is 0 Å². The summed E-state index contributed by atoms with van der Waals surface area (Å²) in [5.74, 6) is 1.54. The fourth-order valence-electron chi connectivity index (χ4n) is 1.78. The number of para-hydroxylation sites is 1. The van der Waals surface area contributed by atoms with Crippen molar-refractivity contribution in [3.05, 3.63) is 57.5 Å². The molecule has 0 unspecified atom stereocenters. The van der Waals surface area contributed by atoms with Crippen molar-refractivity contribution in [2.45, 2.75) is 32.9 Å². The number of hydrogen-bond donors (Lipinski definition) is 1. The molecule has 0 saturated heterocycles. The Morgan fingerprint density at radius 1 is 1.10 bits per heavy atom. The molecule has 0 aromatic heterocycles. The second kappa shape index (κ2) is 6.82. The maximum Gasteiger partial charge on any atom is 0.141 e. The summed E-state index contributed by atoms with van der Waals surface area (Å²) in [6.07, 6.45) is 0. The Balaban J connectivity index is 2.25. The van der Waals surface area contributed by atoms with E-state index >= 15 is 0 Å². The Hall–Kier alpha value is -1.03. The zero-order chi connectivity index (χ0) is 15.5. The Kier molecular flexibility index (Phi) is 5.31. The van der Waals surface area contributed by atoms with Crippen molar-refractivity contribution in [3.8, 4) is 11.5 Å². The van der Waals surface area contributed by atoms with Gasteiger partial charge in [0.1, 0.15) is 11.5 Å². The maximum atomic E-state index is 6.10. The second-order valence-corrected chi connectivity index (χ2v) is 7.18. The molecule has 0 atom stereocenters. The first-order valence-corrected chi connectivity index (χ1v) is 7.98. The molecule has 112 valence electrons. The van der Waals surface area contributed by atoms with Crippen LogP contribution >= 0.6 is 27.5 Å². The van der Waals surface area contributed by atoms with E-state index in [1.165, 1.54) is 0 Å². The molecule has 4 heteroatoms. The van der Waals surface area contributed by atoms with Crippen LogP contribution in [0.1, 0.15) is 26.3 Å². The summed E-state index contributed by atoms with van der Waals surface area (Å²) < 4.78 is 6.93. The zero-order valence-electron chi connectivity index (χ0n) is 12.4. The van der Waals surface area contributed by atoms with Crippen LogP contribution in [0, 0.1) is 0 Å². The lowest BCUT2D eigenvalue weighted by Gasteiger charge is -2.22. The number of hydrogen-bond acceptors (Lipinski definition) is 2. The van der Waals surface area contributed by atoms with Gasteiger partial charge in [0.2, 0.25) is 0 Å². The van der Waals surface area contributed by atoms with E-state index in [9.17, 15) is 0 Å². The van der Waals surface area contributed by atoms with Crippen LogP contribution in [-0.2, 0) is 6.54 Å². The van der Waals surface area contributed by atoms with Gasteiger partial charge >= 0.3 is 0 Å². The summed E-state index contributed by atoms with van der Waals surface area (Å²) in [6, 6.07) is 13.5.